The van der Waals surface area contributed by atoms with Crippen LogP contribution in [0.2, 0.25) is 0 Å². The molecule has 0 aliphatic heterocycles. The van der Waals surface area contributed by atoms with Gasteiger partial charge in [0.15, 0.2) is 0 Å². The topological polar surface area (TPSA) is 64.6 Å². The number of hydrogen-bond donors (Lipinski definition) is 1. The van der Waals surface area contributed by atoms with Crippen molar-refractivity contribution in [2.24, 2.45) is 0 Å². The minimum absolute atomic E-state index is 0.0350. The summed E-state index contributed by atoms with van der Waals surface area (Å²) in [5.41, 5.74) is 0.887. The van der Waals surface area contributed by atoms with Crippen molar-refractivity contribution in [1.29, 1.82) is 0 Å². The second-order valence-corrected chi connectivity index (χ2v) is 4.08. The highest BCUT2D eigenvalue weighted by Crippen LogP contribution is 2.13. The van der Waals surface area contributed by atoms with E-state index in [2.05, 4.69) is 10.1 Å². The Bertz CT molecular complexity index is 414. The maximum atomic E-state index is 11.1. The number of esters is 1. The summed E-state index contributed by atoms with van der Waals surface area (Å²) < 4.78 is 10.1. The van der Waals surface area contributed by atoms with Gasteiger partial charge in [-0.1, -0.05) is 12.1 Å². The van der Waals surface area contributed by atoms with Gasteiger partial charge in [0.1, 0.15) is 5.75 Å². The Balaban J connectivity index is 2.28. The van der Waals surface area contributed by atoms with E-state index >= 15 is 0 Å². The van der Waals surface area contributed by atoms with Crippen LogP contribution in [0.4, 0.5) is 0 Å². The largest absolute Gasteiger partial charge is 0.494 e. The van der Waals surface area contributed by atoms with Crippen molar-refractivity contribution < 1.29 is 19.1 Å². The number of hydrogen-bond acceptors (Lipinski definition) is 4. The van der Waals surface area contributed by atoms with Crippen LogP contribution in [0.1, 0.15) is 18.9 Å². The molecule has 0 aromatic heterocycles. The molecule has 1 aromatic rings. The maximum absolute atomic E-state index is 11.1. The summed E-state index contributed by atoms with van der Waals surface area (Å²) in [7, 11) is 1.37. The molecule has 19 heavy (non-hydrogen) atoms. The molecule has 0 radical (unpaired) electrons. The van der Waals surface area contributed by atoms with Crippen LogP contribution < -0.4 is 10.1 Å². The molecule has 1 aromatic carbocycles. The summed E-state index contributed by atoms with van der Waals surface area (Å²) in [6.07, 6.45) is 1.02. The number of ether oxygens (including phenoxy) is 2. The third-order valence-corrected chi connectivity index (χ3v) is 2.46. The van der Waals surface area contributed by atoms with Gasteiger partial charge in [-0.25, -0.2) is 0 Å². The van der Waals surface area contributed by atoms with E-state index in [1.165, 1.54) is 14.0 Å². The first kappa shape index (κ1) is 15.0. The van der Waals surface area contributed by atoms with Crippen LogP contribution in [0.3, 0.4) is 0 Å². The third kappa shape index (κ3) is 6.45. The first-order valence-electron chi connectivity index (χ1n) is 6.15. The number of benzene rings is 1. The molecule has 0 atom stereocenters. The fourth-order valence-corrected chi connectivity index (χ4v) is 1.47. The molecule has 104 valence electrons. The standard InChI is InChI=1S/C14H19NO4/c1-11(16)15-8-3-9-19-13-6-4-12(5-7-13)10-14(17)18-2/h4-7H,3,8-10H2,1-2H3,(H,15,16). The third-order valence-electron chi connectivity index (χ3n) is 2.46. The quantitative estimate of drug-likeness (QED) is 0.596. The molecule has 5 heteroatoms. The van der Waals surface area contributed by atoms with Gasteiger partial charge in [-0.2, -0.15) is 0 Å². The molecule has 0 spiro atoms. The van der Waals surface area contributed by atoms with Crippen molar-refractivity contribution in [2.75, 3.05) is 20.3 Å². The summed E-state index contributed by atoms with van der Waals surface area (Å²) in [6.45, 7) is 2.63. The minimum atomic E-state index is -0.260. The van der Waals surface area contributed by atoms with Gasteiger partial charge in [0, 0.05) is 13.5 Å². The molecule has 5 nitrogen and oxygen atoms in total. The second kappa shape index (κ2) is 8.13. The molecule has 0 saturated carbocycles. The van der Waals surface area contributed by atoms with Gasteiger partial charge in [0.2, 0.25) is 5.91 Å². The molecule has 0 heterocycles. The summed E-state index contributed by atoms with van der Waals surface area (Å²) >= 11 is 0. The fourth-order valence-electron chi connectivity index (χ4n) is 1.47. The minimum Gasteiger partial charge on any atom is -0.494 e. The van der Waals surface area contributed by atoms with E-state index in [1.54, 1.807) is 0 Å². The van der Waals surface area contributed by atoms with Gasteiger partial charge < -0.3 is 14.8 Å². The monoisotopic (exact) mass is 265 g/mol. The van der Waals surface area contributed by atoms with Gasteiger partial charge in [0.25, 0.3) is 0 Å². The second-order valence-electron chi connectivity index (χ2n) is 4.08. The van der Waals surface area contributed by atoms with E-state index in [9.17, 15) is 9.59 Å². The molecular formula is C14H19NO4. The van der Waals surface area contributed by atoms with Crippen molar-refractivity contribution in [3.05, 3.63) is 29.8 Å². The maximum Gasteiger partial charge on any atom is 0.309 e. The Labute approximate surface area is 112 Å². The van der Waals surface area contributed by atoms with E-state index in [-0.39, 0.29) is 18.3 Å². The van der Waals surface area contributed by atoms with Gasteiger partial charge >= 0.3 is 5.97 Å². The number of methoxy groups -OCH3 is 1. The van der Waals surface area contributed by atoms with E-state index in [0.29, 0.717) is 13.2 Å². The average Bonchev–Trinajstić information content (AvgIpc) is 2.39. The van der Waals surface area contributed by atoms with Gasteiger partial charge in [-0.3, -0.25) is 9.59 Å². The molecule has 1 N–H and O–H groups in total. The summed E-state index contributed by atoms with van der Waals surface area (Å²) in [4.78, 5) is 21.7. The molecular weight excluding hydrogens is 246 g/mol. The van der Waals surface area contributed by atoms with Crippen molar-refractivity contribution in [3.63, 3.8) is 0 Å². The SMILES string of the molecule is COC(=O)Cc1ccc(OCCCNC(C)=O)cc1. The van der Waals surface area contributed by atoms with Crippen LogP contribution in [-0.4, -0.2) is 32.1 Å². The normalized spacial score (nSPS) is 9.79. The van der Waals surface area contributed by atoms with Crippen molar-refractivity contribution in [1.82, 2.24) is 5.32 Å². The molecule has 0 aliphatic rings. The van der Waals surface area contributed by atoms with E-state index < -0.39 is 0 Å². The van der Waals surface area contributed by atoms with Gasteiger partial charge in [0.05, 0.1) is 20.1 Å². The number of carbonyl (C=O) groups excluding carboxylic acids is 2. The van der Waals surface area contributed by atoms with Crippen LogP contribution in [0.15, 0.2) is 24.3 Å². The van der Waals surface area contributed by atoms with Crippen LogP contribution in [0.25, 0.3) is 0 Å². The van der Waals surface area contributed by atoms with Crippen molar-refractivity contribution >= 4 is 11.9 Å². The molecule has 0 aliphatic carbocycles. The van der Waals surface area contributed by atoms with E-state index in [4.69, 9.17) is 4.74 Å². The fraction of sp³-hybridized carbons (Fsp3) is 0.429. The summed E-state index contributed by atoms with van der Waals surface area (Å²) in [6, 6.07) is 7.30. The Hall–Kier alpha value is -2.04. The lowest BCUT2D eigenvalue weighted by atomic mass is 10.1. The smallest absolute Gasteiger partial charge is 0.309 e. The molecule has 0 fully saturated rings. The Morgan fingerprint density at radius 1 is 1.21 bits per heavy atom. The zero-order chi connectivity index (χ0) is 14.1. The lowest BCUT2D eigenvalue weighted by molar-refractivity contribution is -0.139. The number of carbonyl (C=O) groups is 2. The van der Waals surface area contributed by atoms with Crippen molar-refractivity contribution in [3.8, 4) is 5.75 Å². The first-order valence-corrected chi connectivity index (χ1v) is 6.15. The average molecular weight is 265 g/mol. The number of nitrogens with one attached hydrogen (secondary N) is 1. The highest BCUT2D eigenvalue weighted by Gasteiger charge is 2.02. The molecule has 0 unspecified atom stereocenters. The zero-order valence-corrected chi connectivity index (χ0v) is 11.3. The Morgan fingerprint density at radius 2 is 1.89 bits per heavy atom. The van der Waals surface area contributed by atoms with E-state index in [0.717, 1.165) is 17.7 Å². The summed E-state index contributed by atoms with van der Waals surface area (Å²) in [5.74, 6) is 0.451. The van der Waals surface area contributed by atoms with Gasteiger partial charge in [-0.05, 0) is 24.1 Å². The molecule has 1 rings (SSSR count). The first-order chi connectivity index (χ1) is 9.11. The lowest BCUT2D eigenvalue weighted by Crippen LogP contribution is -2.22. The van der Waals surface area contributed by atoms with Crippen LogP contribution >= 0.6 is 0 Å². The highest BCUT2D eigenvalue weighted by atomic mass is 16.5. The highest BCUT2D eigenvalue weighted by molar-refractivity contribution is 5.72. The van der Waals surface area contributed by atoms with E-state index in [1.807, 2.05) is 24.3 Å². The van der Waals surface area contributed by atoms with Crippen LogP contribution in [0.5, 0.6) is 5.75 Å². The summed E-state index contributed by atoms with van der Waals surface area (Å²) in [5, 5.41) is 2.70. The number of rotatable bonds is 7. The van der Waals surface area contributed by atoms with Crippen molar-refractivity contribution in [2.45, 2.75) is 19.8 Å². The predicted octanol–water partition coefficient (Wildman–Crippen LogP) is 1.31. The Kier molecular flexibility index (Phi) is 6.43. The Morgan fingerprint density at radius 3 is 2.47 bits per heavy atom. The molecule has 1 amide bonds. The van der Waals surface area contributed by atoms with Gasteiger partial charge in [-0.15, -0.1) is 0 Å². The van der Waals surface area contributed by atoms with Crippen LogP contribution in [-0.2, 0) is 20.7 Å². The number of amides is 1. The molecule has 0 saturated heterocycles. The predicted molar refractivity (Wildman–Crippen MR) is 71.0 cm³/mol. The molecule has 0 bridgehead atoms. The lowest BCUT2D eigenvalue weighted by Gasteiger charge is -2.07. The zero-order valence-electron chi connectivity index (χ0n) is 11.3. The van der Waals surface area contributed by atoms with Crippen LogP contribution in [0, 0.1) is 0 Å².